The molecular weight excluding hydrogens is 128 g/mol. The second kappa shape index (κ2) is 5.28. The summed E-state index contributed by atoms with van der Waals surface area (Å²) >= 11 is 0. The molecule has 0 spiro atoms. The van der Waals surface area contributed by atoms with Crippen molar-refractivity contribution in [2.45, 2.75) is 37.9 Å². The molecular formula is C8H14O2. The fraction of sp³-hybridized carbons (Fsp3) is 0.750. The number of terminal acetylenes is 1. The van der Waals surface area contributed by atoms with Gasteiger partial charge in [0.15, 0.2) is 0 Å². The summed E-state index contributed by atoms with van der Waals surface area (Å²) in [6, 6.07) is 0. The Balaban J connectivity index is 0.000000371. The number of aliphatic hydroxyl groups excluding tert-OH is 2. The van der Waals surface area contributed by atoms with E-state index in [9.17, 15) is 0 Å². The molecule has 0 radical (unpaired) electrons. The topological polar surface area (TPSA) is 40.5 Å². The van der Waals surface area contributed by atoms with Crippen molar-refractivity contribution in [1.29, 1.82) is 0 Å². The van der Waals surface area contributed by atoms with Crippen LogP contribution in [0.15, 0.2) is 0 Å². The lowest BCUT2D eigenvalue weighted by Crippen LogP contribution is -2.22. The van der Waals surface area contributed by atoms with Gasteiger partial charge in [-0.1, -0.05) is 0 Å². The van der Waals surface area contributed by atoms with Crippen LogP contribution in [0.4, 0.5) is 0 Å². The van der Waals surface area contributed by atoms with Gasteiger partial charge in [0.2, 0.25) is 0 Å². The monoisotopic (exact) mass is 142 g/mol. The normalized spacial score (nSPS) is 32.0. The van der Waals surface area contributed by atoms with Crippen LogP contribution in [0.25, 0.3) is 0 Å². The van der Waals surface area contributed by atoms with Gasteiger partial charge in [-0.05, 0) is 25.7 Å². The van der Waals surface area contributed by atoms with E-state index in [4.69, 9.17) is 10.2 Å². The van der Waals surface area contributed by atoms with Gasteiger partial charge in [-0.3, -0.25) is 0 Å². The maximum atomic E-state index is 8.92. The highest BCUT2D eigenvalue weighted by atomic mass is 16.3. The summed E-state index contributed by atoms with van der Waals surface area (Å²) in [5, 5.41) is 17.8. The molecule has 2 atom stereocenters. The minimum absolute atomic E-state index is 0.237. The summed E-state index contributed by atoms with van der Waals surface area (Å²) in [5.74, 6) is 0. The van der Waals surface area contributed by atoms with Gasteiger partial charge in [-0.25, -0.2) is 0 Å². The van der Waals surface area contributed by atoms with Crippen molar-refractivity contribution in [3.8, 4) is 12.8 Å². The second-order valence-electron chi connectivity index (χ2n) is 2.47. The standard InChI is InChI=1S/C6H12O2.C2H2/c7-5-2-1-3-6(8)4-5;1-2/h5-8H,1-4H2;1-2H/t5-,6?;/m0./s1. The van der Waals surface area contributed by atoms with Gasteiger partial charge in [0, 0.05) is 0 Å². The zero-order valence-electron chi connectivity index (χ0n) is 6.03. The van der Waals surface area contributed by atoms with E-state index in [2.05, 4.69) is 12.8 Å². The highest BCUT2D eigenvalue weighted by molar-refractivity contribution is 4.69. The molecule has 1 aliphatic rings. The molecule has 0 aromatic carbocycles. The van der Waals surface area contributed by atoms with Crippen molar-refractivity contribution in [2.24, 2.45) is 0 Å². The first kappa shape index (κ1) is 9.48. The Morgan fingerprint density at radius 2 is 1.40 bits per heavy atom. The van der Waals surface area contributed by atoms with Crippen LogP contribution in [0.5, 0.6) is 0 Å². The molecule has 1 saturated carbocycles. The molecule has 1 rings (SSSR count). The predicted molar refractivity (Wildman–Crippen MR) is 40.4 cm³/mol. The van der Waals surface area contributed by atoms with Gasteiger partial charge < -0.3 is 10.2 Å². The van der Waals surface area contributed by atoms with Crippen molar-refractivity contribution in [3.63, 3.8) is 0 Å². The molecule has 2 N–H and O–H groups in total. The highest BCUT2D eigenvalue weighted by Crippen LogP contribution is 2.17. The Labute approximate surface area is 61.9 Å². The lowest BCUT2D eigenvalue weighted by molar-refractivity contribution is 0.0406. The molecule has 58 valence electrons. The number of hydrogen-bond donors (Lipinski definition) is 2. The van der Waals surface area contributed by atoms with Gasteiger partial charge >= 0.3 is 0 Å². The van der Waals surface area contributed by atoms with E-state index in [1.54, 1.807) is 0 Å². The molecule has 0 heterocycles. The molecule has 1 fully saturated rings. The zero-order valence-corrected chi connectivity index (χ0v) is 6.03. The second-order valence-corrected chi connectivity index (χ2v) is 2.47. The maximum Gasteiger partial charge on any atom is 0.0564 e. The third kappa shape index (κ3) is 3.49. The predicted octanol–water partition coefficient (Wildman–Crippen LogP) is 0.532. The largest absolute Gasteiger partial charge is 0.393 e. The van der Waals surface area contributed by atoms with E-state index in [0.29, 0.717) is 6.42 Å². The minimum atomic E-state index is -0.237. The van der Waals surface area contributed by atoms with Crippen molar-refractivity contribution in [2.75, 3.05) is 0 Å². The molecule has 1 unspecified atom stereocenters. The summed E-state index contributed by atoms with van der Waals surface area (Å²) < 4.78 is 0. The quantitative estimate of drug-likeness (QED) is 0.484. The maximum absolute atomic E-state index is 8.92. The molecule has 0 amide bonds. The van der Waals surface area contributed by atoms with Crippen molar-refractivity contribution in [3.05, 3.63) is 0 Å². The summed E-state index contributed by atoms with van der Waals surface area (Å²) in [4.78, 5) is 0. The third-order valence-corrected chi connectivity index (χ3v) is 1.62. The van der Waals surface area contributed by atoms with Crippen LogP contribution in [0.1, 0.15) is 25.7 Å². The molecule has 0 aliphatic heterocycles. The van der Waals surface area contributed by atoms with E-state index in [0.717, 1.165) is 19.3 Å². The van der Waals surface area contributed by atoms with Crippen molar-refractivity contribution >= 4 is 0 Å². The Morgan fingerprint density at radius 1 is 1.00 bits per heavy atom. The first-order valence-electron chi connectivity index (χ1n) is 3.48. The number of rotatable bonds is 0. The average molecular weight is 142 g/mol. The fourth-order valence-corrected chi connectivity index (χ4v) is 1.14. The Hall–Kier alpha value is -0.520. The molecule has 0 saturated heterocycles. The Bertz CT molecular complexity index is 90.7. The van der Waals surface area contributed by atoms with Crippen molar-refractivity contribution < 1.29 is 10.2 Å². The van der Waals surface area contributed by atoms with Gasteiger partial charge in [-0.2, -0.15) is 0 Å². The van der Waals surface area contributed by atoms with Gasteiger partial charge in [-0.15, -0.1) is 12.8 Å². The summed E-state index contributed by atoms with van der Waals surface area (Å²) in [7, 11) is 0. The van der Waals surface area contributed by atoms with E-state index in [1.807, 2.05) is 0 Å². The first-order chi connectivity index (χ1) is 4.79. The Morgan fingerprint density at radius 3 is 1.60 bits per heavy atom. The highest BCUT2D eigenvalue weighted by Gasteiger charge is 2.16. The molecule has 2 heteroatoms. The molecule has 0 aromatic heterocycles. The van der Waals surface area contributed by atoms with Crippen molar-refractivity contribution in [1.82, 2.24) is 0 Å². The molecule has 0 aromatic rings. The van der Waals surface area contributed by atoms with Crippen LogP contribution >= 0.6 is 0 Å². The van der Waals surface area contributed by atoms with Gasteiger partial charge in [0.25, 0.3) is 0 Å². The number of hydrogen-bond acceptors (Lipinski definition) is 2. The van der Waals surface area contributed by atoms with Crippen LogP contribution in [-0.4, -0.2) is 22.4 Å². The van der Waals surface area contributed by atoms with E-state index in [-0.39, 0.29) is 12.2 Å². The van der Waals surface area contributed by atoms with E-state index >= 15 is 0 Å². The molecule has 10 heavy (non-hydrogen) atoms. The lowest BCUT2D eigenvalue weighted by atomic mass is 9.95. The molecule has 1 aliphatic carbocycles. The minimum Gasteiger partial charge on any atom is -0.393 e. The van der Waals surface area contributed by atoms with Crippen LogP contribution in [0.3, 0.4) is 0 Å². The van der Waals surface area contributed by atoms with Gasteiger partial charge in [0.1, 0.15) is 0 Å². The van der Waals surface area contributed by atoms with Crippen LogP contribution < -0.4 is 0 Å². The SMILES string of the molecule is C#C.OC1CCC[C@H](O)C1. The summed E-state index contributed by atoms with van der Waals surface area (Å²) in [6.07, 6.45) is 10.8. The Kier molecular flexibility index (Phi) is 5.00. The van der Waals surface area contributed by atoms with Gasteiger partial charge in [0.05, 0.1) is 12.2 Å². The first-order valence-corrected chi connectivity index (χ1v) is 3.48. The smallest absolute Gasteiger partial charge is 0.0564 e. The van der Waals surface area contributed by atoms with Crippen LogP contribution in [0, 0.1) is 12.8 Å². The zero-order chi connectivity index (χ0) is 7.98. The average Bonchev–Trinajstić information content (AvgIpc) is 1.91. The third-order valence-electron chi connectivity index (χ3n) is 1.62. The molecule has 2 nitrogen and oxygen atoms in total. The fourth-order valence-electron chi connectivity index (χ4n) is 1.14. The molecule has 0 bridgehead atoms. The lowest BCUT2D eigenvalue weighted by Gasteiger charge is -2.20. The van der Waals surface area contributed by atoms with E-state index in [1.165, 1.54) is 0 Å². The summed E-state index contributed by atoms with van der Waals surface area (Å²) in [5.41, 5.74) is 0. The summed E-state index contributed by atoms with van der Waals surface area (Å²) in [6.45, 7) is 0. The van der Waals surface area contributed by atoms with E-state index < -0.39 is 0 Å². The number of aliphatic hydroxyl groups is 2. The van der Waals surface area contributed by atoms with Crippen LogP contribution in [0.2, 0.25) is 0 Å². The van der Waals surface area contributed by atoms with Crippen LogP contribution in [-0.2, 0) is 0 Å².